The summed E-state index contributed by atoms with van der Waals surface area (Å²) in [5.74, 6) is -0.216. The Hall–Kier alpha value is -1.26. The Balaban J connectivity index is 2.44. The van der Waals surface area contributed by atoms with Crippen LogP contribution >= 0.6 is 11.6 Å². The van der Waals surface area contributed by atoms with Crippen molar-refractivity contribution in [2.75, 3.05) is 18.9 Å². The Morgan fingerprint density at radius 2 is 2.12 bits per heavy atom. The molecule has 0 spiro atoms. The molecular weight excluding hydrogens is 240 g/mol. The molecule has 0 radical (unpaired) electrons. The number of amides is 1. The first-order chi connectivity index (χ1) is 8.16. The maximum Gasteiger partial charge on any atom is 0.252 e. The smallest absolute Gasteiger partial charge is 0.252 e. The minimum atomic E-state index is -0.216. The lowest BCUT2D eigenvalue weighted by Crippen LogP contribution is -2.24. The van der Waals surface area contributed by atoms with E-state index in [4.69, 9.17) is 22.4 Å². The van der Waals surface area contributed by atoms with Crippen LogP contribution in [0.15, 0.2) is 18.2 Å². The summed E-state index contributed by atoms with van der Waals surface area (Å²) in [6.07, 6.45) is 2.49. The van der Waals surface area contributed by atoms with Gasteiger partial charge in [0, 0.05) is 13.2 Å². The van der Waals surface area contributed by atoms with Gasteiger partial charge in [-0.3, -0.25) is 4.79 Å². The molecule has 0 atom stereocenters. The molecule has 94 valence electrons. The number of aliphatic hydroxyl groups is 1. The Morgan fingerprint density at radius 1 is 1.35 bits per heavy atom. The summed E-state index contributed by atoms with van der Waals surface area (Å²) in [5.41, 5.74) is 6.41. The predicted molar refractivity (Wildman–Crippen MR) is 69.1 cm³/mol. The molecule has 0 saturated heterocycles. The first-order valence-corrected chi connectivity index (χ1v) is 5.97. The number of hydrogen-bond donors (Lipinski definition) is 3. The summed E-state index contributed by atoms with van der Waals surface area (Å²) in [5, 5.41) is 11.7. The largest absolute Gasteiger partial charge is 0.398 e. The van der Waals surface area contributed by atoms with Crippen molar-refractivity contribution < 1.29 is 9.90 Å². The molecule has 4 N–H and O–H groups in total. The average Bonchev–Trinajstić information content (AvgIpc) is 2.32. The number of carbonyl (C=O) groups is 1. The van der Waals surface area contributed by atoms with Crippen molar-refractivity contribution in [2.45, 2.75) is 19.3 Å². The number of nitrogen functional groups attached to an aromatic ring is 1. The van der Waals surface area contributed by atoms with E-state index in [0.717, 1.165) is 19.3 Å². The monoisotopic (exact) mass is 256 g/mol. The zero-order chi connectivity index (χ0) is 12.7. The predicted octanol–water partition coefficient (Wildman–Crippen LogP) is 1.81. The minimum Gasteiger partial charge on any atom is -0.398 e. The van der Waals surface area contributed by atoms with Crippen molar-refractivity contribution in [3.05, 3.63) is 28.8 Å². The van der Waals surface area contributed by atoms with Crippen molar-refractivity contribution in [2.24, 2.45) is 0 Å². The molecule has 4 nitrogen and oxygen atoms in total. The SMILES string of the molecule is Nc1cccc(C(=O)NCCCCCO)c1Cl. The maximum atomic E-state index is 11.7. The number of halogens is 1. The number of unbranched alkanes of at least 4 members (excludes halogenated alkanes) is 2. The third-order valence-electron chi connectivity index (χ3n) is 2.39. The molecule has 0 heterocycles. The summed E-state index contributed by atoms with van der Waals surface area (Å²) in [4.78, 5) is 11.7. The highest BCUT2D eigenvalue weighted by Gasteiger charge is 2.10. The summed E-state index contributed by atoms with van der Waals surface area (Å²) < 4.78 is 0. The van der Waals surface area contributed by atoms with Crippen LogP contribution in [0.5, 0.6) is 0 Å². The lowest BCUT2D eigenvalue weighted by Gasteiger charge is -2.07. The van der Waals surface area contributed by atoms with Gasteiger partial charge in [-0.15, -0.1) is 0 Å². The first kappa shape index (κ1) is 13.8. The lowest BCUT2D eigenvalue weighted by molar-refractivity contribution is 0.0953. The number of nitrogens with two attached hydrogens (primary N) is 1. The molecule has 0 unspecified atom stereocenters. The summed E-state index contributed by atoms with van der Waals surface area (Å²) in [7, 11) is 0. The standard InChI is InChI=1S/C12H17ClN2O2/c13-11-9(5-4-6-10(11)14)12(17)15-7-2-1-3-8-16/h4-6,16H,1-3,7-8,14H2,(H,15,17). The van der Waals surface area contributed by atoms with Crippen LogP contribution in [0.1, 0.15) is 29.6 Å². The van der Waals surface area contributed by atoms with Crippen molar-refractivity contribution in [3.8, 4) is 0 Å². The molecule has 5 heteroatoms. The van der Waals surface area contributed by atoms with E-state index >= 15 is 0 Å². The summed E-state index contributed by atoms with van der Waals surface area (Å²) >= 11 is 5.93. The zero-order valence-corrected chi connectivity index (χ0v) is 10.3. The van der Waals surface area contributed by atoms with E-state index in [1.807, 2.05) is 0 Å². The second-order valence-corrected chi connectivity index (χ2v) is 4.13. The van der Waals surface area contributed by atoms with E-state index in [-0.39, 0.29) is 12.5 Å². The van der Waals surface area contributed by atoms with E-state index in [9.17, 15) is 4.79 Å². The van der Waals surface area contributed by atoms with Crippen LogP contribution < -0.4 is 11.1 Å². The van der Waals surface area contributed by atoms with Crippen LogP contribution in [0, 0.1) is 0 Å². The van der Waals surface area contributed by atoms with Gasteiger partial charge in [0.05, 0.1) is 16.3 Å². The molecule has 0 fully saturated rings. The molecule has 0 aliphatic heterocycles. The van der Waals surface area contributed by atoms with Crippen LogP contribution in [0.3, 0.4) is 0 Å². The Morgan fingerprint density at radius 3 is 2.82 bits per heavy atom. The molecule has 1 rings (SSSR count). The van der Waals surface area contributed by atoms with Gasteiger partial charge in [-0.2, -0.15) is 0 Å². The van der Waals surface area contributed by atoms with E-state index in [0.29, 0.717) is 22.8 Å². The topological polar surface area (TPSA) is 75.4 Å². The number of carbonyl (C=O) groups excluding carboxylic acids is 1. The molecule has 1 aromatic rings. The highest BCUT2D eigenvalue weighted by molar-refractivity contribution is 6.36. The molecular formula is C12H17ClN2O2. The normalized spacial score (nSPS) is 10.2. The Bertz CT molecular complexity index is 383. The Labute approximate surface area is 106 Å². The van der Waals surface area contributed by atoms with Gasteiger partial charge >= 0.3 is 0 Å². The molecule has 0 aliphatic rings. The van der Waals surface area contributed by atoms with Crippen molar-refractivity contribution in [1.29, 1.82) is 0 Å². The van der Waals surface area contributed by atoms with Gasteiger partial charge in [0.15, 0.2) is 0 Å². The van der Waals surface area contributed by atoms with Gasteiger partial charge in [-0.05, 0) is 31.4 Å². The van der Waals surface area contributed by atoms with Crippen molar-refractivity contribution in [3.63, 3.8) is 0 Å². The number of benzene rings is 1. The highest BCUT2D eigenvalue weighted by atomic mass is 35.5. The van der Waals surface area contributed by atoms with Crippen molar-refractivity contribution in [1.82, 2.24) is 5.32 Å². The number of hydrogen-bond acceptors (Lipinski definition) is 3. The van der Waals surface area contributed by atoms with Gasteiger partial charge in [0.2, 0.25) is 0 Å². The first-order valence-electron chi connectivity index (χ1n) is 5.60. The fourth-order valence-electron chi connectivity index (χ4n) is 1.44. The summed E-state index contributed by atoms with van der Waals surface area (Å²) in [6, 6.07) is 4.99. The zero-order valence-electron chi connectivity index (χ0n) is 9.58. The molecule has 0 saturated carbocycles. The van der Waals surface area contributed by atoms with Gasteiger partial charge in [0.25, 0.3) is 5.91 Å². The molecule has 0 aliphatic carbocycles. The van der Waals surface area contributed by atoms with E-state index in [2.05, 4.69) is 5.32 Å². The maximum absolute atomic E-state index is 11.7. The quantitative estimate of drug-likeness (QED) is 0.537. The fraction of sp³-hybridized carbons (Fsp3) is 0.417. The number of rotatable bonds is 6. The van der Waals surface area contributed by atoms with Gasteiger partial charge in [-0.1, -0.05) is 17.7 Å². The second kappa shape index (κ2) is 7.14. The van der Waals surface area contributed by atoms with E-state index in [1.54, 1.807) is 18.2 Å². The molecule has 1 aromatic carbocycles. The van der Waals surface area contributed by atoms with Crippen LogP contribution in [0.25, 0.3) is 0 Å². The van der Waals surface area contributed by atoms with E-state index in [1.165, 1.54) is 0 Å². The van der Waals surface area contributed by atoms with Gasteiger partial charge < -0.3 is 16.2 Å². The van der Waals surface area contributed by atoms with Gasteiger partial charge in [0.1, 0.15) is 0 Å². The number of nitrogens with one attached hydrogen (secondary N) is 1. The molecule has 0 bridgehead atoms. The molecule has 1 amide bonds. The van der Waals surface area contributed by atoms with Crippen LogP contribution in [0.4, 0.5) is 5.69 Å². The molecule has 0 aromatic heterocycles. The van der Waals surface area contributed by atoms with Crippen molar-refractivity contribution >= 4 is 23.2 Å². The third kappa shape index (κ3) is 4.24. The summed E-state index contributed by atoms with van der Waals surface area (Å²) in [6.45, 7) is 0.763. The van der Waals surface area contributed by atoms with Crippen LogP contribution in [-0.4, -0.2) is 24.2 Å². The van der Waals surface area contributed by atoms with E-state index < -0.39 is 0 Å². The Kier molecular flexibility index (Phi) is 5.80. The number of aliphatic hydroxyl groups excluding tert-OH is 1. The highest BCUT2D eigenvalue weighted by Crippen LogP contribution is 2.22. The van der Waals surface area contributed by atoms with Gasteiger partial charge in [-0.25, -0.2) is 0 Å². The average molecular weight is 257 g/mol. The third-order valence-corrected chi connectivity index (χ3v) is 2.82. The molecule has 17 heavy (non-hydrogen) atoms. The van der Waals surface area contributed by atoms with Crippen LogP contribution in [0.2, 0.25) is 5.02 Å². The fourth-order valence-corrected chi connectivity index (χ4v) is 1.65. The van der Waals surface area contributed by atoms with Crippen LogP contribution in [-0.2, 0) is 0 Å². The second-order valence-electron chi connectivity index (χ2n) is 3.75. The minimum absolute atomic E-state index is 0.189. The lowest BCUT2D eigenvalue weighted by atomic mass is 10.2. The number of anilines is 1.